The summed E-state index contributed by atoms with van der Waals surface area (Å²) in [5.74, 6) is -1.41. The average Bonchev–Trinajstić information content (AvgIpc) is 2.59. The summed E-state index contributed by atoms with van der Waals surface area (Å²) in [6, 6.07) is 11.9. The SMILES string of the molecule is COc1cc(C=CC(=O)N[C@H](C(=O)O)c2ccccc2)ccc1O. The highest BCUT2D eigenvalue weighted by Gasteiger charge is 2.20. The molecule has 0 heterocycles. The van der Waals surface area contributed by atoms with Crippen LogP contribution in [0.15, 0.2) is 54.6 Å². The van der Waals surface area contributed by atoms with Crippen LogP contribution in [-0.4, -0.2) is 29.2 Å². The number of carbonyl (C=O) groups excluding carboxylic acids is 1. The predicted molar refractivity (Wildman–Crippen MR) is 88.7 cm³/mol. The summed E-state index contributed by atoms with van der Waals surface area (Å²) < 4.78 is 4.98. The van der Waals surface area contributed by atoms with Crippen LogP contribution in [0.2, 0.25) is 0 Å². The third-order valence-corrected chi connectivity index (χ3v) is 3.30. The zero-order valence-corrected chi connectivity index (χ0v) is 13.0. The molecule has 2 aromatic rings. The van der Waals surface area contributed by atoms with Crippen molar-refractivity contribution in [2.45, 2.75) is 6.04 Å². The van der Waals surface area contributed by atoms with Crippen LogP contribution in [0.1, 0.15) is 17.2 Å². The second kappa shape index (κ2) is 7.82. The monoisotopic (exact) mass is 327 g/mol. The summed E-state index contributed by atoms with van der Waals surface area (Å²) in [5, 5.41) is 21.2. The van der Waals surface area contributed by atoms with Crippen molar-refractivity contribution in [2.75, 3.05) is 7.11 Å². The molecule has 2 rings (SSSR count). The Morgan fingerprint density at radius 3 is 2.50 bits per heavy atom. The van der Waals surface area contributed by atoms with Crippen molar-refractivity contribution in [1.29, 1.82) is 0 Å². The summed E-state index contributed by atoms with van der Waals surface area (Å²) in [6.45, 7) is 0. The molecule has 1 amide bonds. The molecule has 0 bridgehead atoms. The van der Waals surface area contributed by atoms with E-state index in [1.165, 1.54) is 25.3 Å². The molecule has 2 aromatic carbocycles. The van der Waals surface area contributed by atoms with Gasteiger partial charge in [0.1, 0.15) is 0 Å². The van der Waals surface area contributed by atoms with Crippen molar-refractivity contribution in [3.63, 3.8) is 0 Å². The number of carbonyl (C=O) groups is 2. The molecule has 0 saturated heterocycles. The Hall–Kier alpha value is -3.28. The topological polar surface area (TPSA) is 95.9 Å². The number of hydrogen-bond donors (Lipinski definition) is 3. The van der Waals surface area contributed by atoms with Crippen molar-refractivity contribution in [2.24, 2.45) is 0 Å². The number of phenolic OH excluding ortho intramolecular Hbond substituents is 1. The number of aliphatic carboxylic acids is 1. The minimum Gasteiger partial charge on any atom is -0.504 e. The van der Waals surface area contributed by atoms with Gasteiger partial charge in [-0.1, -0.05) is 36.4 Å². The average molecular weight is 327 g/mol. The van der Waals surface area contributed by atoms with Crippen LogP contribution in [0.3, 0.4) is 0 Å². The molecule has 0 unspecified atom stereocenters. The molecule has 24 heavy (non-hydrogen) atoms. The first-order valence-corrected chi connectivity index (χ1v) is 7.14. The molecule has 6 heteroatoms. The van der Waals surface area contributed by atoms with Gasteiger partial charge in [0, 0.05) is 6.08 Å². The summed E-state index contributed by atoms with van der Waals surface area (Å²) in [5.41, 5.74) is 1.12. The lowest BCUT2D eigenvalue weighted by Gasteiger charge is -2.13. The summed E-state index contributed by atoms with van der Waals surface area (Å²) >= 11 is 0. The zero-order valence-electron chi connectivity index (χ0n) is 13.0. The van der Waals surface area contributed by atoms with Crippen LogP contribution in [0.5, 0.6) is 11.5 Å². The Balaban J connectivity index is 2.10. The molecular formula is C18H17NO5. The third-order valence-electron chi connectivity index (χ3n) is 3.30. The second-order valence-electron chi connectivity index (χ2n) is 4.96. The Kier molecular flexibility index (Phi) is 5.57. The lowest BCUT2D eigenvalue weighted by atomic mass is 10.1. The quantitative estimate of drug-likeness (QED) is 0.708. The number of carboxylic acid groups (broad SMARTS) is 1. The maximum atomic E-state index is 12.0. The maximum absolute atomic E-state index is 12.0. The van der Waals surface area contributed by atoms with E-state index in [1.54, 1.807) is 42.5 Å². The van der Waals surface area contributed by atoms with E-state index >= 15 is 0 Å². The highest BCUT2D eigenvalue weighted by Crippen LogP contribution is 2.26. The molecule has 124 valence electrons. The van der Waals surface area contributed by atoms with Crippen molar-refractivity contribution in [3.05, 3.63) is 65.7 Å². The first-order chi connectivity index (χ1) is 11.5. The zero-order chi connectivity index (χ0) is 17.5. The van der Waals surface area contributed by atoms with E-state index < -0.39 is 17.9 Å². The molecule has 0 spiro atoms. The van der Waals surface area contributed by atoms with E-state index in [4.69, 9.17) is 4.74 Å². The van der Waals surface area contributed by atoms with Gasteiger partial charge in [-0.05, 0) is 29.3 Å². The number of hydrogen-bond acceptors (Lipinski definition) is 4. The van der Waals surface area contributed by atoms with Gasteiger partial charge in [-0.15, -0.1) is 0 Å². The minimum absolute atomic E-state index is 0.00544. The van der Waals surface area contributed by atoms with Gasteiger partial charge in [0.15, 0.2) is 17.5 Å². The van der Waals surface area contributed by atoms with Gasteiger partial charge < -0.3 is 20.3 Å². The van der Waals surface area contributed by atoms with Gasteiger partial charge in [0.2, 0.25) is 5.91 Å². The molecule has 6 nitrogen and oxygen atoms in total. The molecule has 0 aliphatic rings. The number of nitrogens with one attached hydrogen (secondary N) is 1. The molecule has 0 aliphatic carbocycles. The smallest absolute Gasteiger partial charge is 0.330 e. The van der Waals surface area contributed by atoms with Gasteiger partial charge >= 0.3 is 5.97 Å². The second-order valence-corrected chi connectivity index (χ2v) is 4.96. The largest absolute Gasteiger partial charge is 0.504 e. The minimum atomic E-state index is -1.14. The van der Waals surface area contributed by atoms with Crippen molar-refractivity contribution in [1.82, 2.24) is 5.32 Å². The fraction of sp³-hybridized carbons (Fsp3) is 0.111. The Bertz CT molecular complexity index is 755. The van der Waals surface area contributed by atoms with Crippen molar-refractivity contribution >= 4 is 18.0 Å². The molecule has 0 fully saturated rings. The Labute approximate surface area is 139 Å². The lowest BCUT2D eigenvalue weighted by Crippen LogP contribution is -2.32. The molecule has 0 radical (unpaired) electrons. The van der Waals surface area contributed by atoms with Crippen LogP contribution in [0.4, 0.5) is 0 Å². The summed E-state index contributed by atoms with van der Waals surface area (Å²) in [7, 11) is 1.42. The molecule has 0 aliphatic heterocycles. The van der Waals surface area contributed by atoms with Crippen LogP contribution < -0.4 is 10.1 Å². The van der Waals surface area contributed by atoms with Gasteiger partial charge in [-0.2, -0.15) is 0 Å². The number of phenols is 1. The summed E-state index contributed by atoms with van der Waals surface area (Å²) in [6.07, 6.45) is 2.73. The van der Waals surface area contributed by atoms with Gasteiger partial charge in [-0.3, -0.25) is 4.79 Å². The number of benzene rings is 2. The third kappa shape index (κ3) is 4.36. The van der Waals surface area contributed by atoms with E-state index in [2.05, 4.69) is 5.32 Å². The molecule has 0 aromatic heterocycles. The molecule has 3 N–H and O–H groups in total. The standard InChI is InChI=1S/C18H17NO5/c1-24-15-11-12(7-9-14(15)20)8-10-16(21)19-17(18(22)23)13-5-3-2-4-6-13/h2-11,17,20H,1H3,(H,19,21)(H,22,23)/t17-/m0/s1. The van der Waals surface area contributed by atoms with Gasteiger partial charge in [0.05, 0.1) is 7.11 Å². The predicted octanol–water partition coefficient (Wildman–Crippen LogP) is 2.36. The first kappa shape index (κ1) is 17.1. The van der Waals surface area contributed by atoms with Crippen molar-refractivity contribution in [3.8, 4) is 11.5 Å². The van der Waals surface area contributed by atoms with E-state index in [0.29, 0.717) is 11.1 Å². The van der Waals surface area contributed by atoms with Crippen LogP contribution in [0.25, 0.3) is 6.08 Å². The highest BCUT2D eigenvalue weighted by molar-refractivity contribution is 5.94. The van der Waals surface area contributed by atoms with E-state index in [1.807, 2.05) is 0 Å². The fourth-order valence-corrected chi connectivity index (χ4v) is 2.09. The summed E-state index contributed by atoms with van der Waals surface area (Å²) in [4.78, 5) is 23.3. The van der Waals surface area contributed by atoms with Crippen LogP contribution >= 0.6 is 0 Å². The first-order valence-electron chi connectivity index (χ1n) is 7.14. The highest BCUT2D eigenvalue weighted by atomic mass is 16.5. The molecule has 1 atom stereocenters. The number of amides is 1. The van der Waals surface area contributed by atoms with Gasteiger partial charge in [-0.25, -0.2) is 4.79 Å². The molecular weight excluding hydrogens is 310 g/mol. The Morgan fingerprint density at radius 1 is 1.17 bits per heavy atom. The number of aromatic hydroxyl groups is 1. The fourth-order valence-electron chi connectivity index (χ4n) is 2.09. The lowest BCUT2D eigenvalue weighted by molar-refractivity contribution is -0.141. The normalized spacial score (nSPS) is 11.9. The van der Waals surface area contributed by atoms with E-state index in [0.717, 1.165) is 0 Å². The van der Waals surface area contributed by atoms with Crippen LogP contribution in [0, 0.1) is 0 Å². The van der Waals surface area contributed by atoms with Gasteiger partial charge in [0.25, 0.3) is 0 Å². The number of ether oxygens (including phenoxy) is 1. The van der Waals surface area contributed by atoms with E-state index in [-0.39, 0.29) is 11.5 Å². The Morgan fingerprint density at radius 2 is 1.88 bits per heavy atom. The number of carboxylic acids is 1. The maximum Gasteiger partial charge on any atom is 0.330 e. The van der Waals surface area contributed by atoms with E-state index in [9.17, 15) is 19.8 Å². The number of methoxy groups -OCH3 is 1. The van der Waals surface area contributed by atoms with Crippen molar-refractivity contribution < 1.29 is 24.5 Å². The molecule has 0 saturated carbocycles. The number of rotatable bonds is 6. The van der Waals surface area contributed by atoms with Crippen LogP contribution in [-0.2, 0) is 9.59 Å².